The molecule has 0 saturated carbocycles. The van der Waals surface area contributed by atoms with Crippen LogP contribution in [0.25, 0.3) is 0 Å². The summed E-state index contributed by atoms with van der Waals surface area (Å²) in [5, 5.41) is 0. The molecule has 16 heteroatoms. The van der Waals surface area contributed by atoms with Gasteiger partial charge in [0.1, 0.15) is 0 Å². The Labute approximate surface area is 311 Å². The van der Waals surface area contributed by atoms with Crippen molar-refractivity contribution in [2.75, 3.05) is 39.6 Å². The molecule has 6 unspecified atom stereocenters. The van der Waals surface area contributed by atoms with Crippen LogP contribution in [0.4, 0.5) is 0 Å². The minimum absolute atomic E-state index is 0. The zero-order chi connectivity index (χ0) is 37.3. The second-order valence-electron chi connectivity index (χ2n) is 12.5. The molecule has 0 saturated heterocycles. The first-order valence-electron chi connectivity index (χ1n) is 18.3. The minimum Gasteiger partial charge on any atom is -0.756 e. The zero-order valence-corrected chi connectivity index (χ0v) is 36.2. The molecule has 1 radical (unpaired) electrons. The maximum absolute atomic E-state index is 11.3. The summed E-state index contributed by atoms with van der Waals surface area (Å²) in [7, 11) is -12.2. The number of hydrogen-bond donors (Lipinski definition) is 0. The van der Waals surface area contributed by atoms with Crippen LogP contribution in [0.5, 0.6) is 0 Å². The van der Waals surface area contributed by atoms with Gasteiger partial charge in [0, 0.05) is 0 Å². The topological polar surface area (TPSA) is 176 Å². The van der Waals surface area contributed by atoms with E-state index < -0.39 is 23.5 Å². The molecule has 297 valence electrons. The predicted octanol–water partition coefficient (Wildman–Crippen LogP) is 9.34. The number of unbranched alkanes of at least 4 members (excludes halogenated alkanes) is 6. The van der Waals surface area contributed by atoms with Crippen molar-refractivity contribution in [3.05, 3.63) is 0 Å². The van der Waals surface area contributed by atoms with Crippen molar-refractivity contribution in [2.24, 2.45) is 17.8 Å². The zero-order valence-electron chi connectivity index (χ0n) is 32.2. The summed E-state index contributed by atoms with van der Waals surface area (Å²) in [4.78, 5) is 33.9. The van der Waals surface area contributed by atoms with E-state index in [-0.39, 0.29) is 74.8 Å². The molecule has 0 aromatic rings. The molecule has 0 bridgehead atoms. The van der Waals surface area contributed by atoms with E-state index in [1.165, 1.54) is 0 Å². The molecule has 0 aromatic carbocycles. The largest absolute Gasteiger partial charge is 3.00 e. The molecular formula is C33H72CrO12P3. The van der Waals surface area contributed by atoms with Crippen molar-refractivity contribution in [3.63, 3.8) is 0 Å². The van der Waals surface area contributed by atoms with Crippen LogP contribution in [0.1, 0.15) is 159 Å². The van der Waals surface area contributed by atoms with Crippen LogP contribution < -0.4 is 14.7 Å². The second-order valence-corrected chi connectivity index (χ2v) is 16.8. The van der Waals surface area contributed by atoms with Gasteiger partial charge in [-0.25, -0.2) is 0 Å². The van der Waals surface area contributed by atoms with Gasteiger partial charge in [-0.1, -0.05) is 120 Å². The van der Waals surface area contributed by atoms with Gasteiger partial charge in [0.05, 0.1) is 39.6 Å². The van der Waals surface area contributed by atoms with Gasteiger partial charge in [-0.3, -0.25) is 13.7 Å². The molecule has 0 spiro atoms. The van der Waals surface area contributed by atoms with Crippen LogP contribution in [0.3, 0.4) is 0 Å². The van der Waals surface area contributed by atoms with Crippen LogP contribution in [-0.4, -0.2) is 39.6 Å². The Morgan fingerprint density at radius 1 is 0.408 bits per heavy atom. The van der Waals surface area contributed by atoms with Gasteiger partial charge in [0.15, 0.2) is 0 Å². The van der Waals surface area contributed by atoms with Gasteiger partial charge in [0.25, 0.3) is 23.5 Å². The molecular weight excluding hydrogens is 733 g/mol. The Hall–Kier alpha value is 0.862. The Bertz CT molecular complexity index is 736. The Morgan fingerprint density at radius 2 is 0.633 bits per heavy atom. The molecule has 0 rings (SSSR count). The Balaban J connectivity index is -0.000000307. The average Bonchev–Trinajstić information content (AvgIpc) is 3.02. The molecule has 0 heterocycles. The maximum Gasteiger partial charge on any atom is 3.00 e. The van der Waals surface area contributed by atoms with E-state index in [9.17, 15) is 28.4 Å². The maximum atomic E-state index is 11.3. The molecule has 0 aliphatic heterocycles. The summed E-state index contributed by atoms with van der Waals surface area (Å²) < 4.78 is 62.5. The summed E-state index contributed by atoms with van der Waals surface area (Å²) in [5.74, 6) is 0.768. The van der Waals surface area contributed by atoms with Crippen molar-refractivity contribution in [3.8, 4) is 0 Å². The van der Waals surface area contributed by atoms with E-state index in [4.69, 9.17) is 27.1 Å². The second kappa shape index (κ2) is 37.2. The van der Waals surface area contributed by atoms with Crippen LogP contribution in [-0.2, 0) is 58.2 Å². The molecule has 0 amide bonds. The van der Waals surface area contributed by atoms with Gasteiger partial charge in [-0.05, 0) is 56.3 Å². The number of phosphoric ester groups is 3. The third kappa shape index (κ3) is 44.9. The number of hydrogen-bond acceptors (Lipinski definition) is 12. The summed E-state index contributed by atoms with van der Waals surface area (Å²) >= 11 is 0. The van der Waals surface area contributed by atoms with Crippen LogP contribution in [0.2, 0.25) is 0 Å². The minimum atomic E-state index is -4.06. The first-order chi connectivity index (χ1) is 22.5. The van der Waals surface area contributed by atoms with Crippen molar-refractivity contribution >= 4 is 23.5 Å². The van der Waals surface area contributed by atoms with E-state index in [1.54, 1.807) is 0 Å². The van der Waals surface area contributed by atoms with Crippen LogP contribution in [0, 0.1) is 17.8 Å². The Morgan fingerprint density at radius 3 is 0.816 bits per heavy atom. The fourth-order valence-corrected chi connectivity index (χ4v) is 6.67. The van der Waals surface area contributed by atoms with Gasteiger partial charge >= 0.3 is 17.4 Å². The van der Waals surface area contributed by atoms with E-state index in [2.05, 4.69) is 41.5 Å². The predicted molar refractivity (Wildman–Crippen MR) is 189 cm³/mol. The monoisotopic (exact) mass is 805 g/mol. The summed E-state index contributed by atoms with van der Waals surface area (Å²) in [5.41, 5.74) is 0. The van der Waals surface area contributed by atoms with Crippen LogP contribution in [0.15, 0.2) is 0 Å². The van der Waals surface area contributed by atoms with E-state index in [1.807, 2.05) is 20.8 Å². The molecule has 49 heavy (non-hydrogen) atoms. The fourth-order valence-electron chi connectivity index (χ4n) is 4.08. The normalized spacial score (nSPS) is 16.7. The number of phosphoric acid groups is 3. The Kier molecular flexibility index (Phi) is 43.0. The molecule has 6 atom stereocenters. The first kappa shape index (κ1) is 56.6. The summed E-state index contributed by atoms with van der Waals surface area (Å²) in [6.45, 7) is 19.6. The van der Waals surface area contributed by atoms with Crippen molar-refractivity contribution < 1.29 is 72.9 Å². The molecule has 0 fully saturated rings. The van der Waals surface area contributed by atoms with Gasteiger partial charge in [-0.15, -0.1) is 0 Å². The van der Waals surface area contributed by atoms with Crippen LogP contribution >= 0.6 is 23.5 Å². The molecule has 0 aliphatic rings. The molecule has 12 nitrogen and oxygen atoms in total. The standard InChI is InChI=1S/3C11H25O4P.Cr/c3*1-4-6-7-9-14-16(12,13)15-10-11(3)8-5-2;/h3*11H,4-10H2,1-3H3,(H,12,13);/q;;;+3/p-3. The molecule has 0 aromatic heterocycles. The fraction of sp³-hybridized carbons (Fsp3) is 1.00. The van der Waals surface area contributed by atoms with Gasteiger partial charge < -0.3 is 41.8 Å². The molecule has 0 aliphatic carbocycles. The van der Waals surface area contributed by atoms with Crippen molar-refractivity contribution in [1.29, 1.82) is 0 Å². The van der Waals surface area contributed by atoms with Crippen molar-refractivity contribution in [2.45, 2.75) is 159 Å². The average molecular weight is 806 g/mol. The van der Waals surface area contributed by atoms with E-state index in [0.29, 0.717) is 0 Å². The third-order valence-corrected chi connectivity index (χ3v) is 9.78. The van der Waals surface area contributed by atoms with E-state index >= 15 is 0 Å². The number of rotatable bonds is 30. The quantitative estimate of drug-likeness (QED) is 0.0497. The summed E-state index contributed by atoms with van der Waals surface area (Å²) in [6.07, 6.45) is 14.3. The third-order valence-electron chi connectivity index (χ3n) is 6.89. The first-order valence-corrected chi connectivity index (χ1v) is 22.7. The van der Waals surface area contributed by atoms with Gasteiger partial charge in [0.2, 0.25) is 0 Å². The SMILES string of the molecule is CCCCCOP(=O)([O-])OCC(C)CCC.CCCCCOP(=O)([O-])OCC(C)CCC.CCCCCOP(=O)([O-])OCC(C)CCC.[Cr+3]. The molecule has 0 N–H and O–H groups in total. The van der Waals surface area contributed by atoms with Crippen molar-refractivity contribution in [1.82, 2.24) is 0 Å². The van der Waals surface area contributed by atoms with E-state index in [0.717, 1.165) is 96.3 Å². The van der Waals surface area contributed by atoms with Gasteiger partial charge in [-0.2, -0.15) is 0 Å². The smallest absolute Gasteiger partial charge is 0.756 e. The summed E-state index contributed by atoms with van der Waals surface area (Å²) in [6, 6.07) is 0.